The first-order valence-electron chi connectivity index (χ1n) is 6.38. The van der Waals surface area contributed by atoms with Gasteiger partial charge in [-0.15, -0.1) is 10.2 Å². The predicted octanol–water partition coefficient (Wildman–Crippen LogP) is 0.988. The molecule has 0 saturated heterocycles. The van der Waals surface area contributed by atoms with Crippen molar-refractivity contribution < 1.29 is 4.79 Å². The number of carbonyl (C=O) groups is 1. The summed E-state index contributed by atoms with van der Waals surface area (Å²) in [4.78, 5) is 13.2. The van der Waals surface area contributed by atoms with Crippen LogP contribution in [0.25, 0.3) is 0 Å². The second-order valence-corrected chi connectivity index (χ2v) is 5.31. The summed E-state index contributed by atoms with van der Waals surface area (Å²) in [6.07, 6.45) is 1.70. The molecule has 1 aliphatic rings. The van der Waals surface area contributed by atoms with Gasteiger partial charge in [0.1, 0.15) is 11.6 Å². The molecule has 0 spiro atoms. The Morgan fingerprint density at radius 3 is 2.78 bits per heavy atom. The fourth-order valence-corrected chi connectivity index (χ4v) is 2.21. The van der Waals surface area contributed by atoms with Crippen LogP contribution in [0.5, 0.6) is 0 Å². The first-order chi connectivity index (χ1) is 8.49. The molecular weight excluding hydrogens is 230 g/mol. The van der Waals surface area contributed by atoms with Gasteiger partial charge in [0.2, 0.25) is 0 Å². The molecule has 1 aromatic heterocycles. The number of hydrogen-bond donors (Lipinski definition) is 1. The summed E-state index contributed by atoms with van der Waals surface area (Å²) >= 11 is 0. The molecule has 1 N–H and O–H groups in total. The summed E-state index contributed by atoms with van der Waals surface area (Å²) in [5.74, 6) is 2.41. The summed E-state index contributed by atoms with van der Waals surface area (Å²) in [6, 6.07) is 0.119. The lowest BCUT2D eigenvalue weighted by atomic mass is 10.1. The highest BCUT2D eigenvalue weighted by atomic mass is 16.2. The van der Waals surface area contributed by atoms with Crippen LogP contribution >= 0.6 is 0 Å². The van der Waals surface area contributed by atoms with Crippen LogP contribution in [0.4, 0.5) is 4.79 Å². The molecule has 1 aliphatic heterocycles. The Balaban J connectivity index is 2.05. The van der Waals surface area contributed by atoms with Crippen molar-refractivity contribution in [3.63, 3.8) is 0 Å². The zero-order chi connectivity index (χ0) is 13.3. The Labute approximate surface area is 107 Å². The van der Waals surface area contributed by atoms with Crippen molar-refractivity contribution >= 4 is 6.03 Å². The lowest BCUT2D eigenvalue weighted by Crippen LogP contribution is -2.45. The second kappa shape index (κ2) is 4.96. The third-order valence-electron chi connectivity index (χ3n) is 3.24. The molecule has 6 heteroatoms. The highest BCUT2D eigenvalue weighted by Crippen LogP contribution is 2.20. The van der Waals surface area contributed by atoms with Gasteiger partial charge in [-0.1, -0.05) is 13.8 Å². The fraction of sp³-hybridized carbons (Fsp3) is 0.750. The molecule has 18 heavy (non-hydrogen) atoms. The summed E-state index contributed by atoms with van der Waals surface area (Å²) < 4.78 is 2.18. The van der Waals surface area contributed by atoms with Crippen LogP contribution in [0.2, 0.25) is 0 Å². The maximum atomic E-state index is 11.6. The van der Waals surface area contributed by atoms with Gasteiger partial charge in [0.15, 0.2) is 0 Å². The zero-order valence-electron chi connectivity index (χ0n) is 11.5. The summed E-state index contributed by atoms with van der Waals surface area (Å²) in [6.45, 7) is 5.13. The van der Waals surface area contributed by atoms with E-state index in [9.17, 15) is 4.79 Å². The molecule has 100 valence electrons. The van der Waals surface area contributed by atoms with E-state index < -0.39 is 0 Å². The van der Waals surface area contributed by atoms with Crippen LogP contribution in [0.1, 0.15) is 37.8 Å². The largest absolute Gasteiger partial charge is 0.335 e. The Bertz CT molecular complexity index is 438. The van der Waals surface area contributed by atoms with Crippen molar-refractivity contribution in [2.45, 2.75) is 45.2 Å². The van der Waals surface area contributed by atoms with Crippen LogP contribution in [-0.4, -0.2) is 45.8 Å². The Kier molecular flexibility index (Phi) is 3.54. The number of fused-ring (bicyclic) bond motifs is 1. The quantitative estimate of drug-likeness (QED) is 0.852. The SMILES string of the molecule is CC(C)c1nnc2n1CCC(NC(=O)N(C)C)C2. The van der Waals surface area contributed by atoms with E-state index in [1.165, 1.54) is 0 Å². The van der Waals surface area contributed by atoms with Gasteiger partial charge in [-0.3, -0.25) is 0 Å². The molecule has 0 aliphatic carbocycles. The van der Waals surface area contributed by atoms with Gasteiger partial charge in [-0.2, -0.15) is 0 Å². The van der Waals surface area contributed by atoms with E-state index in [-0.39, 0.29) is 12.1 Å². The Morgan fingerprint density at radius 2 is 2.17 bits per heavy atom. The van der Waals surface area contributed by atoms with Crippen molar-refractivity contribution in [2.24, 2.45) is 0 Å². The van der Waals surface area contributed by atoms with Crippen molar-refractivity contribution in [3.8, 4) is 0 Å². The molecule has 0 fully saturated rings. The monoisotopic (exact) mass is 251 g/mol. The number of aromatic nitrogens is 3. The molecular formula is C12H21N5O. The highest BCUT2D eigenvalue weighted by molar-refractivity contribution is 5.73. The van der Waals surface area contributed by atoms with Gasteiger partial charge < -0.3 is 14.8 Å². The summed E-state index contributed by atoms with van der Waals surface area (Å²) in [5.41, 5.74) is 0. The van der Waals surface area contributed by atoms with Crippen LogP contribution in [0.3, 0.4) is 0 Å². The number of hydrogen-bond acceptors (Lipinski definition) is 3. The van der Waals surface area contributed by atoms with E-state index in [0.717, 1.165) is 31.0 Å². The lowest BCUT2D eigenvalue weighted by molar-refractivity contribution is 0.210. The number of nitrogens with one attached hydrogen (secondary N) is 1. The number of amides is 2. The van der Waals surface area contributed by atoms with Gasteiger partial charge in [0, 0.05) is 39.0 Å². The maximum Gasteiger partial charge on any atom is 0.317 e. The second-order valence-electron chi connectivity index (χ2n) is 5.31. The molecule has 1 atom stereocenters. The number of rotatable bonds is 2. The summed E-state index contributed by atoms with van der Waals surface area (Å²) in [7, 11) is 3.50. The van der Waals surface area contributed by atoms with E-state index in [0.29, 0.717) is 5.92 Å². The van der Waals surface area contributed by atoms with Gasteiger partial charge in [0.05, 0.1) is 0 Å². The van der Waals surface area contributed by atoms with E-state index in [2.05, 4.69) is 33.9 Å². The topological polar surface area (TPSA) is 63.1 Å². The third-order valence-corrected chi connectivity index (χ3v) is 3.24. The molecule has 6 nitrogen and oxygen atoms in total. The van der Waals surface area contributed by atoms with Crippen molar-refractivity contribution in [1.29, 1.82) is 0 Å². The molecule has 0 radical (unpaired) electrons. The van der Waals surface area contributed by atoms with Crippen LogP contribution in [-0.2, 0) is 13.0 Å². The van der Waals surface area contributed by atoms with Gasteiger partial charge >= 0.3 is 6.03 Å². The van der Waals surface area contributed by atoms with Crippen LogP contribution in [0, 0.1) is 0 Å². The predicted molar refractivity (Wildman–Crippen MR) is 68.4 cm³/mol. The van der Waals surface area contributed by atoms with Gasteiger partial charge in [-0.25, -0.2) is 4.79 Å². The minimum absolute atomic E-state index is 0.0444. The Hall–Kier alpha value is -1.59. The Morgan fingerprint density at radius 1 is 1.44 bits per heavy atom. The van der Waals surface area contributed by atoms with Gasteiger partial charge in [0.25, 0.3) is 0 Å². The van der Waals surface area contributed by atoms with Crippen molar-refractivity contribution in [1.82, 2.24) is 25.0 Å². The molecule has 1 aromatic rings. The van der Waals surface area contributed by atoms with E-state index in [1.807, 2.05) is 0 Å². The first kappa shape index (κ1) is 12.9. The molecule has 1 unspecified atom stereocenters. The first-order valence-corrected chi connectivity index (χ1v) is 6.38. The standard InChI is InChI=1S/C12H21N5O/c1-8(2)11-15-14-10-7-9(5-6-17(10)11)13-12(18)16(3)4/h8-9H,5-7H2,1-4H3,(H,13,18). The minimum Gasteiger partial charge on any atom is -0.335 e. The number of carbonyl (C=O) groups excluding carboxylic acids is 1. The molecule has 2 amide bonds. The fourth-order valence-electron chi connectivity index (χ4n) is 2.21. The average molecular weight is 251 g/mol. The van der Waals surface area contributed by atoms with Crippen LogP contribution in [0.15, 0.2) is 0 Å². The van der Waals surface area contributed by atoms with E-state index in [4.69, 9.17) is 0 Å². The molecule has 0 saturated carbocycles. The molecule has 0 aromatic carbocycles. The smallest absolute Gasteiger partial charge is 0.317 e. The molecule has 2 rings (SSSR count). The zero-order valence-corrected chi connectivity index (χ0v) is 11.5. The third kappa shape index (κ3) is 2.47. The molecule has 0 bridgehead atoms. The average Bonchev–Trinajstić information content (AvgIpc) is 2.71. The van der Waals surface area contributed by atoms with Crippen molar-refractivity contribution in [2.75, 3.05) is 14.1 Å². The summed E-state index contributed by atoms with van der Waals surface area (Å²) in [5, 5.41) is 11.5. The van der Waals surface area contributed by atoms with E-state index >= 15 is 0 Å². The van der Waals surface area contributed by atoms with Crippen LogP contribution < -0.4 is 5.32 Å². The van der Waals surface area contributed by atoms with Gasteiger partial charge in [-0.05, 0) is 6.42 Å². The maximum absolute atomic E-state index is 11.6. The van der Waals surface area contributed by atoms with Crippen molar-refractivity contribution in [3.05, 3.63) is 11.6 Å². The van der Waals surface area contributed by atoms with E-state index in [1.54, 1.807) is 19.0 Å². The minimum atomic E-state index is -0.0444. The highest BCUT2D eigenvalue weighted by Gasteiger charge is 2.25. The molecule has 2 heterocycles. The lowest BCUT2D eigenvalue weighted by Gasteiger charge is -2.26. The number of urea groups is 1. The normalized spacial score (nSPS) is 18.6. The number of nitrogens with zero attached hydrogens (tertiary/aromatic N) is 4.